The molecule has 0 saturated carbocycles. The number of hydrogen-bond acceptors (Lipinski definition) is 3. The lowest BCUT2D eigenvalue weighted by molar-refractivity contribution is -0.476. The summed E-state index contributed by atoms with van der Waals surface area (Å²) < 4.78 is 18.4. The number of thioether (sulfide) groups is 1. The Bertz CT molecular complexity index is 786. The lowest BCUT2D eigenvalue weighted by Gasteiger charge is -2.03. The van der Waals surface area contributed by atoms with Gasteiger partial charge in [-0.05, 0) is 49.4 Å². The number of carbonyl (C=O) groups excluding carboxylic acids is 1. The van der Waals surface area contributed by atoms with E-state index in [0.717, 1.165) is 27.5 Å². The number of benzene rings is 2. The number of carbonyl (C=O) groups is 1. The highest BCUT2D eigenvalue weighted by atomic mass is 32.2. The van der Waals surface area contributed by atoms with E-state index < -0.39 is 0 Å². The van der Waals surface area contributed by atoms with E-state index in [4.69, 9.17) is 4.74 Å². The van der Waals surface area contributed by atoms with Crippen molar-refractivity contribution in [3.8, 4) is 5.75 Å². The molecule has 2 aromatic carbocycles. The highest BCUT2D eigenvalue weighted by Crippen LogP contribution is 2.38. The van der Waals surface area contributed by atoms with Crippen molar-refractivity contribution in [2.45, 2.75) is 30.5 Å². The summed E-state index contributed by atoms with van der Waals surface area (Å²) in [5.41, 5.74) is 2.60. The topological polar surface area (TPSA) is 40.3 Å². The Morgan fingerprint density at radius 3 is 2.71 bits per heavy atom. The van der Waals surface area contributed by atoms with Crippen molar-refractivity contribution in [2.75, 3.05) is 6.61 Å². The zero-order chi connectivity index (χ0) is 17.1. The van der Waals surface area contributed by atoms with Crippen LogP contribution >= 0.6 is 11.8 Å². The van der Waals surface area contributed by atoms with Gasteiger partial charge >= 0.3 is 0 Å². The molecule has 0 aliphatic carbocycles. The zero-order valence-corrected chi connectivity index (χ0v) is 14.5. The van der Waals surface area contributed by atoms with E-state index in [9.17, 15) is 9.18 Å². The summed E-state index contributed by atoms with van der Waals surface area (Å²) in [7, 11) is 0. The maximum absolute atomic E-state index is 12.9. The van der Waals surface area contributed by atoms with Gasteiger partial charge in [-0.25, -0.2) is 9.38 Å². The van der Waals surface area contributed by atoms with Gasteiger partial charge in [0.15, 0.2) is 23.3 Å². The number of rotatable bonds is 5. The fourth-order valence-electron chi connectivity index (χ4n) is 2.60. The molecule has 0 radical (unpaired) electrons. The Morgan fingerprint density at radius 2 is 2.00 bits per heavy atom. The summed E-state index contributed by atoms with van der Waals surface area (Å²) in [6, 6.07) is 12.0. The van der Waals surface area contributed by atoms with Crippen molar-refractivity contribution in [1.29, 1.82) is 0 Å². The monoisotopic (exact) mass is 344 g/mol. The summed E-state index contributed by atoms with van der Waals surface area (Å²) in [6.45, 7) is 4.99. The predicted molar refractivity (Wildman–Crippen MR) is 93.3 cm³/mol. The Morgan fingerprint density at radius 1 is 1.25 bits per heavy atom. The van der Waals surface area contributed by atoms with Crippen LogP contribution in [0.3, 0.4) is 0 Å². The summed E-state index contributed by atoms with van der Waals surface area (Å²) >= 11 is 1.55. The van der Waals surface area contributed by atoms with Crippen molar-refractivity contribution < 1.29 is 18.9 Å². The molecule has 1 aliphatic rings. The minimum atomic E-state index is -0.249. The maximum atomic E-state index is 12.9. The van der Waals surface area contributed by atoms with E-state index in [1.165, 1.54) is 12.1 Å². The molecule has 0 amide bonds. The molecular weight excluding hydrogens is 325 g/mol. The molecule has 1 atom stereocenters. The van der Waals surface area contributed by atoms with Gasteiger partial charge in [0.05, 0.1) is 6.61 Å². The van der Waals surface area contributed by atoms with Crippen LogP contribution in [0.4, 0.5) is 4.39 Å². The van der Waals surface area contributed by atoms with E-state index in [0.29, 0.717) is 13.2 Å². The van der Waals surface area contributed by atoms with Crippen molar-refractivity contribution in [1.82, 2.24) is 0 Å². The van der Waals surface area contributed by atoms with Crippen LogP contribution in [0.2, 0.25) is 0 Å². The molecule has 2 aromatic rings. The highest BCUT2D eigenvalue weighted by molar-refractivity contribution is 8.02. The van der Waals surface area contributed by atoms with Crippen LogP contribution in [0.1, 0.15) is 29.8 Å². The van der Waals surface area contributed by atoms with Crippen LogP contribution in [0.25, 0.3) is 0 Å². The quantitative estimate of drug-likeness (QED) is 0.848. The number of fused-ring (bicyclic) bond motifs is 1. The van der Waals surface area contributed by atoms with Gasteiger partial charge in [0.25, 0.3) is 0 Å². The summed E-state index contributed by atoms with van der Waals surface area (Å²) in [5.74, 6) is 0.574. The first-order valence-electron chi connectivity index (χ1n) is 7.88. The molecule has 1 aliphatic heterocycles. The Kier molecular flexibility index (Phi) is 5.00. The zero-order valence-electron chi connectivity index (χ0n) is 13.6. The molecule has 1 heterocycles. The van der Waals surface area contributed by atoms with Crippen LogP contribution in [0.5, 0.6) is 5.75 Å². The average molecular weight is 344 g/mol. The average Bonchev–Trinajstić information content (AvgIpc) is 2.91. The second-order valence-electron chi connectivity index (χ2n) is 5.62. The first-order valence-corrected chi connectivity index (χ1v) is 8.76. The van der Waals surface area contributed by atoms with Gasteiger partial charge in [-0.1, -0.05) is 0 Å². The van der Waals surface area contributed by atoms with Crippen LogP contribution in [0, 0.1) is 5.82 Å². The van der Waals surface area contributed by atoms with Gasteiger partial charge in [0.1, 0.15) is 11.6 Å². The van der Waals surface area contributed by atoms with Gasteiger partial charge in [-0.2, -0.15) is 0 Å². The van der Waals surface area contributed by atoms with E-state index in [2.05, 4.69) is 4.99 Å². The SMILES string of the molecule is CCOc1ccc2c(c1)C(=O)[C@@H](C(C)=[NH+]Cc1ccc(F)cc1)S2. The second-order valence-corrected chi connectivity index (χ2v) is 6.76. The van der Waals surface area contributed by atoms with Crippen molar-refractivity contribution >= 4 is 23.3 Å². The predicted octanol–water partition coefficient (Wildman–Crippen LogP) is 2.62. The third-order valence-electron chi connectivity index (χ3n) is 3.89. The Balaban J connectivity index is 1.74. The van der Waals surface area contributed by atoms with E-state index in [1.54, 1.807) is 23.9 Å². The van der Waals surface area contributed by atoms with Gasteiger partial charge in [0, 0.05) is 22.9 Å². The number of ether oxygens (including phenoxy) is 1. The minimum Gasteiger partial charge on any atom is -0.494 e. The first-order chi connectivity index (χ1) is 11.6. The molecule has 0 bridgehead atoms. The normalized spacial score (nSPS) is 17.0. The van der Waals surface area contributed by atoms with Crippen LogP contribution in [0.15, 0.2) is 47.4 Å². The van der Waals surface area contributed by atoms with Gasteiger partial charge in [-0.3, -0.25) is 4.79 Å². The molecule has 24 heavy (non-hydrogen) atoms. The summed E-state index contributed by atoms with van der Waals surface area (Å²) in [4.78, 5) is 16.9. The second kappa shape index (κ2) is 7.18. The molecule has 0 spiro atoms. The van der Waals surface area contributed by atoms with E-state index in [-0.39, 0.29) is 16.9 Å². The molecule has 5 heteroatoms. The molecular formula is C19H19FNO2S+. The molecule has 1 N–H and O–H groups in total. The standard InChI is InChI=1S/C19H18FNO2S/c1-3-23-15-8-9-17-16(10-15)18(22)19(24-17)12(2)21-11-13-4-6-14(20)7-5-13/h4-10,19H,3,11H2,1-2H3/p+1/t19-/m1/s1. The van der Waals surface area contributed by atoms with Crippen molar-refractivity contribution in [3.63, 3.8) is 0 Å². The molecule has 0 saturated heterocycles. The largest absolute Gasteiger partial charge is 0.494 e. The first kappa shape index (κ1) is 16.7. The van der Waals surface area contributed by atoms with Crippen LogP contribution in [-0.2, 0) is 6.54 Å². The third-order valence-corrected chi connectivity index (χ3v) is 5.30. The Labute approximate surface area is 144 Å². The van der Waals surface area contributed by atoms with Gasteiger partial charge in [-0.15, -0.1) is 11.8 Å². The molecule has 0 fully saturated rings. The molecule has 0 unspecified atom stereocenters. The maximum Gasteiger partial charge on any atom is 0.187 e. The van der Waals surface area contributed by atoms with Gasteiger partial charge in [0.2, 0.25) is 0 Å². The fraction of sp³-hybridized carbons (Fsp3) is 0.263. The lowest BCUT2D eigenvalue weighted by atomic mass is 10.1. The van der Waals surface area contributed by atoms with Crippen molar-refractivity contribution in [2.24, 2.45) is 0 Å². The number of hydrogen-bond donors (Lipinski definition) is 1. The lowest BCUT2D eigenvalue weighted by Crippen LogP contribution is -2.73. The smallest absolute Gasteiger partial charge is 0.187 e. The van der Waals surface area contributed by atoms with Crippen molar-refractivity contribution in [3.05, 3.63) is 59.4 Å². The molecule has 0 aromatic heterocycles. The number of ketones is 1. The summed E-state index contributed by atoms with van der Waals surface area (Å²) in [5, 5.41) is -0.239. The number of Topliss-reactive ketones (excluding diaryl/α,β-unsaturated/α-hetero) is 1. The number of nitrogens with one attached hydrogen (secondary N) is 1. The molecule has 3 rings (SSSR count). The highest BCUT2D eigenvalue weighted by Gasteiger charge is 2.36. The number of halogens is 1. The Hall–Kier alpha value is -2.14. The van der Waals surface area contributed by atoms with Crippen LogP contribution < -0.4 is 9.73 Å². The molecule has 124 valence electrons. The minimum absolute atomic E-state index is 0.0978. The van der Waals surface area contributed by atoms with E-state index >= 15 is 0 Å². The fourth-order valence-corrected chi connectivity index (χ4v) is 3.79. The van der Waals surface area contributed by atoms with Crippen LogP contribution in [-0.4, -0.2) is 23.4 Å². The third kappa shape index (κ3) is 3.51. The molecule has 3 nitrogen and oxygen atoms in total. The summed E-state index contributed by atoms with van der Waals surface area (Å²) in [6.07, 6.45) is 0. The van der Waals surface area contributed by atoms with Gasteiger partial charge < -0.3 is 4.74 Å². The van der Waals surface area contributed by atoms with E-state index in [1.807, 2.05) is 32.0 Å².